The van der Waals surface area contributed by atoms with E-state index in [1.807, 2.05) is 13.0 Å². The number of hydrogen-bond acceptors (Lipinski definition) is 6. The fourth-order valence-corrected chi connectivity index (χ4v) is 3.82. The highest BCUT2D eigenvalue weighted by Gasteiger charge is 2.30. The average molecular weight is 396 g/mol. The van der Waals surface area contributed by atoms with Crippen LogP contribution < -0.4 is 15.0 Å². The van der Waals surface area contributed by atoms with Crippen LogP contribution in [0.5, 0.6) is 5.75 Å². The van der Waals surface area contributed by atoms with Gasteiger partial charge in [0.25, 0.3) is 0 Å². The summed E-state index contributed by atoms with van der Waals surface area (Å²) >= 11 is 0. The van der Waals surface area contributed by atoms with Crippen molar-refractivity contribution in [2.24, 2.45) is 0 Å². The number of rotatable bonds is 4. The van der Waals surface area contributed by atoms with Gasteiger partial charge in [0.05, 0.1) is 18.4 Å². The quantitative estimate of drug-likeness (QED) is 0.729. The number of nitrogens with zero attached hydrogens (tertiary/aromatic N) is 5. The van der Waals surface area contributed by atoms with Gasteiger partial charge < -0.3 is 15.0 Å². The maximum Gasteiger partial charge on any atom is 0.413 e. The zero-order chi connectivity index (χ0) is 20.0. The van der Waals surface area contributed by atoms with E-state index in [1.54, 1.807) is 16.8 Å². The van der Waals surface area contributed by atoms with Crippen molar-refractivity contribution in [2.75, 3.05) is 11.4 Å². The number of aryl methyl sites for hydroxylation is 1. The van der Waals surface area contributed by atoms with Crippen molar-refractivity contribution < 1.29 is 13.9 Å². The van der Waals surface area contributed by atoms with Gasteiger partial charge in [-0.1, -0.05) is 0 Å². The van der Waals surface area contributed by atoms with E-state index in [9.17, 15) is 9.18 Å². The highest BCUT2D eigenvalue weighted by atomic mass is 19.1. The Labute approximate surface area is 166 Å². The molecule has 0 aromatic carbocycles. The summed E-state index contributed by atoms with van der Waals surface area (Å²) < 4.78 is 20.8. The fraction of sp³-hybridized carbons (Fsp3) is 0.400. The van der Waals surface area contributed by atoms with Gasteiger partial charge in [-0.2, -0.15) is 5.10 Å². The van der Waals surface area contributed by atoms with Crippen molar-refractivity contribution in [3.63, 3.8) is 0 Å². The standard InChI is InChI=1S/C20H21FN6O2/c1-12-15(9-13(21)10-22-12)16-3-2-7-26(16)18-6-8-27-19(25-18)17(11-23-27)29-20(28)24-14-4-5-14/h6,8-11,14,16H,2-5,7H2,1H3,(H,24,28). The second kappa shape index (κ2) is 6.98. The number of hydrogen-bond donors (Lipinski definition) is 1. The molecule has 2 fully saturated rings. The van der Waals surface area contributed by atoms with Gasteiger partial charge in [-0.3, -0.25) is 4.98 Å². The molecule has 0 bridgehead atoms. The minimum absolute atomic E-state index is 0.00129. The van der Waals surface area contributed by atoms with Crippen molar-refractivity contribution in [1.82, 2.24) is 24.9 Å². The number of fused-ring (bicyclic) bond motifs is 1. The first-order valence-corrected chi connectivity index (χ1v) is 9.80. The van der Waals surface area contributed by atoms with E-state index >= 15 is 0 Å². The van der Waals surface area contributed by atoms with Crippen LogP contribution in [0.2, 0.25) is 0 Å². The number of pyridine rings is 1. The number of ether oxygens (including phenoxy) is 1. The minimum Gasteiger partial charge on any atom is -0.405 e. The lowest BCUT2D eigenvalue weighted by Crippen LogP contribution is -2.28. The van der Waals surface area contributed by atoms with E-state index in [0.717, 1.165) is 49.3 Å². The molecule has 1 aliphatic heterocycles. The molecule has 0 spiro atoms. The predicted molar refractivity (Wildman–Crippen MR) is 103 cm³/mol. The van der Waals surface area contributed by atoms with Crippen LogP contribution >= 0.6 is 0 Å². The lowest BCUT2D eigenvalue weighted by molar-refractivity contribution is 0.200. The Hall–Kier alpha value is -3.23. The Balaban J connectivity index is 1.45. The summed E-state index contributed by atoms with van der Waals surface area (Å²) in [5.41, 5.74) is 2.15. The summed E-state index contributed by atoms with van der Waals surface area (Å²) in [5, 5.41) is 7.00. The Bertz CT molecular complexity index is 1080. The SMILES string of the molecule is Cc1ncc(F)cc1C1CCCN1c1ccn2ncc(OC(=O)NC3CC3)c2n1. The molecule has 3 aromatic heterocycles. The van der Waals surface area contributed by atoms with Crippen molar-refractivity contribution in [3.8, 4) is 5.75 Å². The van der Waals surface area contributed by atoms with Gasteiger partial charge in [0.1, 0.15) is 11.6 Å². The monoisotopic (exact) mass is 396 g/mol. The number of anilines is 1. The van der Waals surface area contributed by atoms with E-state index in [1.165, 1.54) is 12.4 Å². The van der Waals surface area contributed by atoms with E-state index < -0.39 is 6.09 Å². The van der Waals surface area contributed by atoms with Gasteiger partial charge in [-0.05, 0) is 50.3 Å². The van der Waals surface area contributed by atoms with Gasteiger partial charge in [-0.25, -0.2) is 18.7 Å². The average Bonchev–Trinajstić information content (AvgIpc) is 3.24. The van der Waals surface area contributed by atoms with Crippen molar-refractivity contribution in [3.05, 3.63) is 47.8 Å². The molecular weight excluding hydrogens is 375 g/mol. The van der Waals surface area contributed by atoms with E-state index in [4.69, 9.17) is 9.72 Å². The van der Waals surface area contributed by atoms with E-state index in [-0.39, 0.29) is 17.9 Å². The number of nitrogens with one attached hydrogen (secondary N) is 1. The molecule has 4 heterocycles. The van der Waals surface area contributed by atoms with Crippen LogP contribution in [0.3, 0.4) is 0 Å². The second-order valence-electron chi connectivity index (χ2n) is 7.55. The Morgan fingerprint density at radius 2 is 2.17 bits per heavy atom. The molecule has 8 nitrogen and oxygen atoms in total. The molecule has 3 aromatic rings. The normalized spacial score (nSPS) is 19.0. The number of aromatic nitrogens is 4. The first-order valence-electron chi connectivity index (χ1n) is 9.80. The van der Waals surface area contributed by atoms with Crippen LogP contribution in [0, 0.1) is 12.7 Å². The molecule has 5 rings (SSSR count). The van der Waals surface area contributed by atoms with Gasteiger partial charge in [-0.15, -0.1) is 0 Å². The maximum absolute atomic E-state index is 13.8. The molecule has 9 heteroatoms. The summed E-state index contributed by atoms with van der Waals surface area (Å²) in [5.74, 6) is 0.704. The van der Waals surface area contributed by atoms with Crippen molar-refractivity contribution >= 4 is 17.6 Å². The van der Waals surface area contributed by atoms with Crippen molar-refractivity contribution in [2.45, 2.75) is 44.7 Å². The molecule has 1 saturated heterocycles. The fourth-order valence-electron chi connectivity index (χ4n) is 3.82. The topological polar surface area (TPSA) is 84.7 Å². The largest absolute Gasteiger partial charge is 0.413 e. The molecule has 1 unspecified atom stereocenters. The summed E-state index contributed by atoms with van der Waals surface area (Å²) in [7, 11) is 0. The van der Waals surface area contributed by atoms with Crippen LogP contribution in [0.4, 0.5) is 15.0 Å². The zero-order valence-electron chi connectivity index (χ0n) is 16.0. The number of halogens is 1. The number of carbonyl (C=O) groups excluding carboxylic acids is 1. The smallest absolute Gasteiger partial charge is 0.405 e. The van der Waals surface area contributed by atoms with Crippen LogP contribution in [0.1, 0.15) is 43.0 Å². The highest BCUT2D eigenvalue weighted by molar-refractivity contribution is 5.74. The summed E-state index contributed by atoms with van der Waals surface area (Å²) in [4.78, 5) is 23.0. The lowest BCUT2D eigenvalue weighted by atomic mass is 10.0. The van der Waals surface area contributed by atoms with Crippen LogP contribution in [0.25, 0.3) is 5.65 Å². The van der Waals surface area contributed by atoms with Crippen molar-refractivity contribution in [1.29, 1.82) is 0 Å². The molecule has 1 atom stereocenters. The highest BCUT2D eigenvalue weighted by Crippen LogP contribution is 2.37. The van der Waals surface area contributed by atoms with Gasteiger partial charge in [0.2, 0.25) is 5.65 Å². The third kappa shape index (κ3) is 3.48. The molecule has 1 aliphatic carbocycles. The van der Waals surface area contributed by atoms with Crippen LogP contribution in [0.15, 0.2) is 30.7 Å². The third-order valence-electron chi connectivity index (χ3n) is 5.42. The molecule has 1 amide bonds. The summed E-state index contributed by atoms with van der Waals surface area (Å²) in [6.45, 7) is 2.69. The Morgan fingerprint density at radius 1 is 1.31 bits per heavy atom. The van der Waals surface area contributed by atoms with Gasteiger partial charge in [0.15, 0.2) is 5.75 Å². The van der Waals surface area contributed by atoms with Gasteiger partial charge in [0, 0.05) is 24.5 Å². The number of amides is 1. The van der Waals surface area contributed by atoms with E-state index in [2.05, 4.69) is 20.3 Å². The predicted octanol–water partition coefficient (Wildman–Crippen LogP) is 3.16. The number of carbonyl (C=O) groups is 1. The molecule has 2 aliphatic rings. The zero-order valence-corrected chi connectivity index (χ0v) is 16.0. The molecule has 150 valence electrons. The lowest BCUT2D eigenvalue weighted by Gasteiger charge is -2.27. The molecule has 29 heavy (non-hydrogen) atoms. The second-order valence-corrected chi connectivity index (χ2v) is 7.55. The minimum atomic E-state index is -0.491. The first kappa shape index (κ1) is 17.8. The Morgan fingerprint density at radius 3 is 3.00 bits per heavy atom. The molecule has 0 radical (unpaired) electrons. The third-order valence-corrected chi connectivity index (χ3v) is 5.42. The van der Waals surface area contributed by atoms with E-state index in [0.29, 0.717) is 11.4 Å². The Kier molecular flexibility index (Phi) is 4.30. The molecule has 1 saturated carbocycles. The molecule has 1 N–H and O–H groups in total. The molecular formula is C20H21FN6O2. The first-order chi connectivity index (χ1) is 14.1. The van der Waals surface area contributed by atoms with Gasteiger partial charge >= 0.3 is 6.09 Å². The van der Waals surface area contributed by atoms with Crippen LogP contribution in [-0.2, 0) is 0 Å². The summed E-state index contributed by atoms with van der Waals surface area (Å²) in [6.07, 6.45) is 7.86. The maximum atomic E-state index is 13.8. The van der Waals surface area contributed by atoms with Crippen LogP contribution in [-0.4, -0.2) is 38.3 Å². The summed E-state index contributed by atoms with van der Waals surface area (Å²) in [6, 6.07) is 3.63.